The van der Waals surface area contributed by atoms with Gasteiger partial charge in [0.05, 0.1) is 35.3 Å². The van der Waals surface area contributed by atoms with E-state index in [4.69, 9.17) is 9.47 Å². The summed E-state index contributed by atoms with van der Waals surface area (Å²) in [5.74, 6) is -2.69. The number of likely N-dealkylation sites (tertiary alicyclic amines) is 1. The van der Waals surface area contributed by atoms with Crippen molar-refractivity contribution in [2.45, 2.75) is 37.8 Å². The Morgan fingerprint density at radius 2 is 1.70 bits per heavy atom. The maximum atomic E-state index is 13.7. The van der Waals surface area contributed by atoms with Gasteiger partial charge in [-0.2, -0.15) is 0 Å². The summed E-state index contributed by atoms with van der Waals surface area (Å²) in [7, 11) is 1.52. The number of fused-ring (bicyclic) bond motifs is 1. The lowest BCUT2D eigenvalue weighted by Gasteiger charge is -2.51. The first-order valence-electron chi connectivity index (χ1n) is 13.3. The number of hydrogen-bond donors (Lipinski definition) is 1. The minimum absolute atomic E-state index is 0.0707. The van der Waals surface area contributed by atoms with Crippen molar-refractivity contribution in [1.82, 2.24) is 9.80 Å². The SMILES string of the molecule is COc1ccc(COC(=O)C([C@@H](C)O)N2C(=O)C(N3C(=O)c4ccc([N+](=O)[O-])cc4C3=O)C2C=Cc2ccccc2)cc1. The van der Waals surface area contributed by atoms with E-state index in [2.05, 4.69) is 0 Å². The standard InChI is InChI=1S/C31H27N3O9/c1-18(35)26(31(39)43-17-20-8-12-22(42-2)13-9-20)32-25(15-10-19-6-4-3-5-7-19)27(30(32)38)33-28(36)23-14-11-21(34(40)41)16-24(23)29(33)37/h3-16,18,25-27,35H,17H2,1-2H3/t18-,25?,26?,27?/m1/s1. The Morgan fingerprint density at radius 1 is 1.02 bits per heavy atom. The van der Waals surface area contributed by atoms with Gasteiger partial charge in [0.2, 0.25) is 5.91 Å². The molecule has 2 aliphatic heterocycles. The molecule has 3 aromatic rings. The third kappa shape index (κ3) is 5.47. The van der Waals surface area contributed by atoms with Crippen LogP contribution in [-0.4, -0.2) is 74.9 Å². The van der Waals surface area contributed by atoms with Gasteiger partial charge in [0.1, 0.15) is 18.4 Å². The normalized spacial score (nSPS) is 19.2. The van der Waals surface area contributed by atoms with Crippen molar-refractivity contribution < 1.29 is 38.7 Å². The molecule has 1 N–H and O–H groups in total. The molecular formula is C31H27N3O9. The summed E-state index contributed by atoms with van der Waals surface area (Å²) in [4.78, 5) is 66.1. The molecule has 12 nitrogen and oxygen atoms in total. The third-order valence-corrected chi connectivity index (χ3v) is 7.37. The summed E-state index contributed by atoms with van der Waals surface area (Å²) in [5, 5.41) is 21.9. The summed E-state index contributed by atoms with van der Waals surface area (Å²) >= 11 is 0. The number of aliphatic hydroxyl groups excluding tert-OH is 1. The van der Waals surface area contributed by atoms with Crippen molar-refractivity contribution in [3.8, 4) is 5.75 Å². The van der Waals surface area contributed by atoms with Crippen LogP contribution in [0.3, 0.4) is 0 Å². The van der Waals surface area contributed by atoms with Crippen LogP contribution in [0.2, 0.25) is 0 Å². The highest BCUT2D eigenvalue weighted by molar-refractivity contribution is 6.23. The number of carbonyl (C=O) groups excluding carboxylic acids is 4. The molecule has 0 aliphatic carbocycles. The van der Waals surface area contributed by atoms with E-state index in [1.807, 2.05) is 6.07 Å². The Kier molecular flexibility index (Phi) is 8.04. The van der Waals surface area contributed by atoms with Gasteiger partial charge in [-0.15, -0.1) is 0 Å². The number of methoxy groups -OCH3 is 1. The summed E-state index contributed by atoms with van der Waals surface area (Å²) in [6, 6.07) is 15.3. The number of rotatable bonds is 10. The molecule has 2 heterocycles. The van der Waals surface area contributed by atoms with E-state index in [1.54, 1.807) is 60.7 Å². The van der Waals surface area contributed by atoms with Gasteiger partial charge in [-0.25, -0.2) is 4.79 Å². The largest absolute Gasteiger partial charge is 0.497 e. The van der Waals surface area contributed by atoms with E-state index >= 15 is 0 Å². The fourth-order valence-electron chi connectivity index (χ4n) is 5.19. The number of amides is 3. The van der Waals surface area contributed by atoms with Crippen LogP contribution < -0.4 is 4.74 Å². The van der Waals surface area contributed by atoms with Crippen LogP contribution >= 0.6 is 0 Å². The zero-order valence-corrected chi connectivity index (χ0v) is 23.2. The van der Waals surface area contributed by atoms with E-state index in [1.165, 1.54) is 20.1 Å². The monoisotopic (exact) mass is 585 g/mol. The Bertz CT molecular complexity index is 1620. The number of non-ortho nitro benzene ring substituents is 1. The van der Waals surface area contributed by atoms with Crippen molar-refractivity contribution in [3.63, 3.8) is 0 Å². The van der Waals surface area contributed by atoms with Crippen molar-refractivity contribution in [2.75, 3.05) is 7.11 Å². The van der Waals surface area contributed by atoms with E-state index in [9.17, 15) is 34.4 Å². The molecule has 0 aromatic heterocycles. The van der Waals surface area contributed by atoms with Crippen LogP contribution in [-0.2, 0) is 20.9 Å². The molecule has 43 heavy (non-hydrogen) atoms. The zero-order chi connectivity index (χ0) is 30.8. The molecule has 4 atom stereocenters. The van der Waals surface area contributed by atoms with Gasteiger partial charge in [0, 0.05) is 12.1 Å². The molecule has 0 bridgehead atoms. The van der Waals surface area contributed by atoms with Gasteiger partial charge >= 0.3 is 5.97 Å². The van der Waals surface area contributed by atoms with Crippen LogP contribution in [0.1, 0.15) is 38.8 Å². The number of carbonyl (C=O) groups is 4. The predicted molar refractivity (Wildman–Crippen MR) is 152 cm³/mol. The van der Waals surface area contributed by atoms with Crippen molar-refractivity contribution in [3.05, 3.63) is 111 Å². The lowest BCUT2D eigenvalue weighted by molar-refractivity contribution is -0.384. The van der Waals surface area contributed by atoms with Crippen molar-refractivity contribution in [2.24, 2.45) is 0 Å². The first-order valence-corrected chi connectivity index (χ1v) is 13.3. The third-order valence-electron chi connectivity index (χ3n) is 7.37. The van der Waals surface area contributed by atoms with Crippen LogP contribution in [0.15, 0.2) is 78.9 Å². The minimum atomic E-state index is -1.45. The lowest BCUT2D eigenvalue weighted by Crippen LogP contribution is -2.75. The first-order chi connectivity index (χ1) is 20.6. The maximum absolute atomic E-state index is 13.7. The topological polar surface area (TPSA) is 157 Å². The minimum Gasteiger partial charge on any atom is -0.497 e. The summed E-state index contributed by atoms with van der Waals surface area (Å²) in [5.41, 5.74) is 0.750. The molecular weight excluding hydrogens is 558 g/mol. The first kappa shape index (κ1) is 29.1. The van der Waals surface area contributed by atoms with Crippen molar-refractivity contribution >= 4 is 35.5 Å². The molecule has 0 saturated carbocycles. The summed E-state index contributed by atoms with van der Waals surface area (Å²) in [6.45, 7) is 1.19. The molecule has 3 amide bonds. The Morgan fingerprint density at radius 3 is 2.33 bits per heavy atom. The number of aliphatic hydroxyl groups is 1. The quantitative estimate of drug-likeness (QED) is 0.124. The second-order valence-corrected chi connectivity index (χ2v) is 10.1. The fraction of sp³-hybridized carbons (Fsp3) is 0.226. The van der Waals surface area contributed by atoms with Crippen molar-refractivity contribution in [1.29, 1.82) is 0 Å². The number of esters is 1. The van der Waals surface area contributed by atoms with Gasteiger partial charge in [-0.3, -0.25) is 29.4 Å². The molecule has 5 rings (SSSR count). The number of nitro groups is 1. The zero-order valence-electron chi connectivity index (χ0n) is 23.2. The van der Waals surface area contributed by atoms with E-state index < -0.39 is 52.8 Å². The van der Waals surface area contributed by atoms with Gasteiger partial charge in [0.15, 0.2) is 6.04 Å². The highest BCUT2D eigenvalue weighted by Gasteiger charge is 2.59. The number of ether oxygens (including phenoxy) is 2. The fourth-order valence-corrected chi connectivity index (χ4v) is 5.19. The van der Waals surface area contributed by atoms with Gasteiger partial charge in [0.25, 0.3) is 17.5 Å². The molecule has 12 heteroatoms. The number of nitro benzene ring substituents is 1. The molecule has 1 saturated heterocycles. The summed E-state index contributed by atoms with van der Waals surface area (Å²) in [6.07, 6.45) is 1.87. The average molecular weight is 586 g/mol. The molecule has 2 aliphatic rings. The highest BCUT2D eigenvalue weighted by atomic mass is 16.6. The lowest BCUT2D eigenvalue weighted by atomic mass is 9.88. The second kappa shape index (κ2) is 11.9. The summed E-state index contributed by atoms with van der Waals surface area (Å²) < 4.78 is 10.6. The van der Waals surface area contributed by atoms with Gasteiger partial charge < -0.3 is 19.5 Å². The Hall–Kier alpha value is -5.36. The van der Waals surface area contributed by atoms with Crippen LogP contribution in [0, 0.1) is 10.1 Å². The molecule has 220 valence electrons. The second-order valence-electron chi connectivity index (χ2n) is 10.1. The van der Waals surface area contributed by atoms with Crippen LogP contribution in [0.25, 0.3) is 6.08 Å². The molecule has 0 radical (unpaired) electrons. The highest BCUT2D eigenvalue weighted by Crippen LogP contribution is 2.37. The number of β-lactam (4-membered cyclic amide) rings is 1. The van der Waals surface area contributed by atoms with E-state index in [0.717, 1.165) is 27.5 Å². The van der Waals surface area contributed by atoms with E-state index in [0.29, 0.717) is 11.3 Å². The molecule has 1 fully saturated rings. The van der Waals surface area contributed by atoms with Crippen LogP contribution in [0.4, 0.5) is 5.69 Å². The van der Waals surface area contributed by atoms with E-state index in [-0.39, 0.29) is 23.4 Å². The Balaban J connectivity index is 1.44. The number of nitrogens with zero attached hydrogens (tertiary/aromatic N) is 3. The maximum Gasteiger partial charge on any atom is 0.331 e. The molecule has 3 unspecified atom stereocenters. The number of benzene rings is 3. The van der Waals surface area contributed by atoms with Gasteiger partial charge in [-0.1, -0.05) is 54.6 Å². The smallest absolute Gasteiger partial charge is 0.331 e. The predicted octanol–water partition coefficient (Wildman–Crippen LogP) is 2.99. The Labute approximate surface area is 245 Å². The molecule has 0 spiro atoms. The number of imide groups is 1. The number of hydrogen-bond acceptors (Lipinski definition) is 9. The molecule has 3 aromatic carbocycles. The van der Waals surface area contributed by atoms with Crippen LogP contribution in [0.5, 0.6) is 5.75 Å². The average Bonchev–Trinajstić information content (AvgIpc) is 3.25. The van der Waals surface area contributed by atoms with Gasteiger partial charge in [-0.05, 0) is 36.2 Å².